The molecule has 0 saturated carbocycles. The van der Waals surface area contributed by atoms with Crippen LogP contribution in [0.15, 0.2) is 36.4 Å². The van der Waals surface area contributed by atoms with E-state index in [9.17, 15) is 25.5 Å². The molecule has 0 atom stereocenters. The fourth-order valence-electron chi connectivity index (χ4n) is 2.34. The minimum atomic E-state index is -0.963. The van der Waals surface area contributed by atoms with Gasteiger partial charge in [0, 0.05) is 9.13 Å². The van der Waals surface area contributed by atoms with Crippen molar-refractivity contribution in [3.63, 3.8) is 0 Å². The van der Waals surface area contributed by atoms with Crippen molar-refractivity contribution in [2.45, 2.75) is 0 Å². The lowest BCUT2D eigenvalue weighted by Crippen LogP contribution is -1.88. The Labute approximate surface area is 138 Å². The number of hydrogen-bond donors (Lipinski definition) is 5. The third-order valence-corrected chi connectivity index (χ3v) is 4.37. The number of hydrogen-bond acceptors (Lipinski definition) is 5. The van der Waals surface area contributed by atoms with Gasteiger partial charge in [0.15, 0.2) is 11.5 Å². The predicted molar refractivity (Wildman–Crippen MR) is 90.4 cm³/mol. The summed E-state index contributed by atoms with van der Waals surface area (Å²) in [4.78, 5) is 0. The molecule has 0 aliphatic rings. The molecule has 5 N–H and O–H groups in total. The highest BCUT2D eigenvalue weighted by Crippen LogP contribution is 2.55. The zero-order chi connectivity index (χ0) is 16.0. The molecule has 112 valence electrons. The van der Waals surface area contributed by atoms with E-state index in [1.807, 2.05) is 52.9 Å². The zero-order valence-electron chi connectivity index (χ0n) is 11.1. The third-order valence-electron chi connectivity index (χ3n) is 3.48. The van der Waals surface area contributed by atoms with E-state index in [0.29, 0.717) is 9.13 Å². The standard InChI is InChI=1S/C16H11IO5/c17-10-6-8-4-2-1-3-7(8)5-9(10)11-12(18)14(20)16(22)15(21)13(11)19/h1-6,18-22H. The van der Waals surface area contributed by atoms with Gasteiger partial charge in [0.1, 0.15) is 0 Å². The van der Waals surface area contributed by atoms with Gasteiger partial charge in [-0.15, -0.1) is 0 Å². The maximum atomic E-state index is 10.0. The van der Waals surface area contributed by atoms with Crippen molar-refractivity contribution in [3.8, 4) is 39.9 Å². The summed E-state index contributed by atoms with van der Waals surface area (Å²) in [5.41, 5.74) is 0.294. The normalized spacial score (nSPS) is 11.0. The Morgan fingerprint density at radius 2 is 1.09 bits per heavy atom. The molecule has 3 rings (SSSR count). The minimum Gasteiger partial charge on any atom is -0.504 e. The number of aromatic hydroxyl groups is 5. The summed E-state index contributed by atoms with van der Waals surface area (Å²) in [6.07, 6.45) is 0. The van der Waals surface area contributed by atoms with E-state index in [0.717, 1.165) is 10.8 Å². The first kappa shape index (κ1) is 14.6. The zero-order valence-corrected chi connectivity index (χ0v) is 13.2. The van der Waals surface area contributed by atoms with Gasteiger partial charge in [0.05, 0.1) is 5.56 Å². The molecular weight excluding hydrogens is 399 g/mol. The Kier molecular flexibility index (Phi) is 3.40. The Bertz CT molecular complexity index is 876. The second kappa shape index (κ2) is 5.13. The van der Waals surface area contributed by atoms with Gasteiger partial charge in [0.2, 0.25) is 17.2 Å². The minimum absolute atomic E-state index is 0.136. The molecule has 0 heterocycles. The van der Waals surface area contributed by atoms with Crippen LogP contribution in [-0.2, 0) is 0 Å². The Hall–Kier alpha value is -2.35. The molecule has 0 fully saturated rings. The highest BCUT2D eigenvalue weighted by atomic mass is 127. The number of benzene rings is 3. The third kappa shape index (κ3) is 2.07. The highest BCUT2D eigenvalue weighted by molar-refractivity contribution is 14.1. The molecule has 6 heteroatoms. The topological polar surface area (TPSA) is 101 Å². The highest BCUT2D eigenvalue weighted by Gasteiger charge is 2.25. The summed E-state index contributed by atoms with van der Waals surface area (Å²) < 4.78 is 0.700. The van der Waals surface area contributed by atoms with Crippen LogP contribution in [0.1, 0.15) is 0 Å². The fourth-order valence-corrected chi connectivity index (χ4v) is 3.11. The number of fused-ring (bicyclic) bond motifs is 1. The van der Waals surface area contributed by atoms with E-state index in [-0.39, 0.29) is 5.56 Å². The Morgan fingerprint density at radius 1 is 0.636 bits per heavy atom. The lowest BCUT2D eigenvalue weighted by atomic mass is 9.98. The van der Waals surface area contributed by atoms with Crippen molar-refractivity contribution in [2.24, 2.45) is 0 Å². The number of phenols is 5. The summed E-state index contributed by atoms with van der Waals surface area (Å²) in [6, 6.07) is 11.1. The van der Waals surface area contributed by atoms with Crippen LogP contribution in [0.2, 0.25) is 0 Å². The van der Waals surface area contributed by atoms with E-state index >= 15 is 0 Å². The maximum Gasteiger partial charge on any atom is 0.208 e. The Balaban J connectivity index is 2.39. The molecule has 0 aliphatic carbocycles. The van der Waals surface area contributed by atoms with Crippen molar-refractivity contribution in [3.05, 3.63) is 40.0 Å². The number of rotatable bonds is 1. The molecule has 5 nitrogen and oxygen atoms in total. The Morgan fingerprint density at radius 3 is 1.64 bits per heavy atom. The molecule has 0 aromatic heterocycles. The molecule has 3 aromatic carbocycles. The van der Waals surface area contributed by atoms with E-state index in [2.05, 4.69) is 0 Å². The van der Waals surface area contributed by atoms with E-state index in [1.54, 1.807) is 6.07 Å². The summed E-state index contributed by atoms with van der Waals surface area (Å²) in [6.45, 7) is 0. The van der Waals surface area contributed by atoms with Crippen molar-refractivity contribution < 1.29 is 25.5 Å². The van der Waals surface area contributed by atoms with Gasteiger partial charge < -0.3 is 25.5 Å². The molecular formula is C16H11IO5. The average molecular weight is 410 g/mol. The second-order valence-electron chi connectivity index (χ2n) is 4.80. The second-order valence-corrected chi connectivity index (χ2v) is 5.96. The van der Waals surface area contributed by atoms with Crippen LogP contribution < -0.4 is 0 Å². The molecule has 0 spiro atoms. The van der Waals surface area contributed by atoms with Crippen LogP contribution >= 0.6 is 22.6 Å². The van der Waals surface area contributed by atoms with Crippen molar-refractivity contribution in [1.29, 1.82) is 0 Å². The van der Waals surface area contributed by atoms with Gasteiger partial charge in [-0.2, -0.15) is 0 Å². The van der Waals surface area contributed by atoms with Gasteiger partial charge in [0.25, 0.3) is 0 Å². The molecule has 0 bridgehead atoms. The van der Waals surface area contributed by atoms with Crippen molar-refractivity contribution in [2.75, 3.05) is 0 Å². The van der Waals surface area contributed by atoms with E-state index < -0.39 is 28.7 Å². The monoisotopic (exact) mass is 410 g/mol. The molecule has 0 amide bonds. The van der Waals surface area contributed by atoms with Gasteiger partial charge in [-0.05, 0) is 45.5 Å². The van der Waals surface area contributed by atoms with Crippen molar-refractivity contribution >= 4 is 33.4 Å². The molecule has 0 radical (unpaired) electrons. The lowest BCUT2D eigenvalue weighted by molar-refractivity contribution is 0.330. The molecule has 0 saturated heterocycles. The smallest absolute Gasteiger partial charge is 0.208 e. The van der Waals surface area contributed by atoms with Gasteiger partial charge in [-0.25, -0.2) is 0 Å². The fraction of sp³-hybridized carbons (Fsp3) is 0. The maximum absolute atomic E-state index is 10.0. The molecule has 3 aromatic rings. The SMILES string of the molecule is Oc1c(O)c(O)c(-c2cc3ccccc3cc2I)c(O)c1O. The number of phenolic OH excluding ortho intramolecular Hbond substituents is 5. The van der Waals surface area contributed by atoms with Gasteiger partial charge in [-0.1, -0.05) is 24.3 Å². The summed E-state index contributed by atoms with van der Waals surface area (Å²) in [5.74, 6) is -4.11. The average Bonchev–Trinajstić information content (AvgIpc) is 2.51. The van der Waals surface area contributed by atoms with Crippen LogP contribution in [-0.4, -0.2) is 25.5 Å². The van der Waals surface area contributed by atoms with Crippen molar-refractivity contribution in [1.82, 2.24) is 0 Å². The summed E-state index contributed by atoms with van der Waals surface area (Å²) in [7, 11) is 0. The van der Waals surface area contributed by atoms with E-state index in [4.69, 9.17) is 0 Å². The molecule has 0 aliphatic heterocycles. The first-order chi connectivity index (χ1) is 10.4. The largest absolute Gasteiger partial charge is 0.504 e. The van der Waals surface area contributed by atoms with Gasteiger partial charge >= 0.3 is 0 Å². The van der Waals surface area contributed by atoms with Crippen LogP contribution in [0, 0.1) is 3.57 Å². The first-order valence-electron chi connectivity index (χ1n) is 6.29. The van der Waals surface area contributed by atoms with Crippen LogP contribution in [0.4, 0.5) is 0 Å². The van der Waals surface area contributed by atoms with E-state index in [1.165, 1.54) is 0 Å². The quantitative estimate of drug-likeness (QED) is 0.240. The summed E-state index contributed by atoms with van der Waals surface area (Å²) >= 11 is 2.03. The predicted octanol–water partition coefficient (Wildman–Crippen LogP) is 3.64. The summed E-state index contributed by atoms with van der Waals surface area (Å²) in [5, 5.41) is 50.8. The number of halogens is 1. The van der Waals surface area contributed by atoms with Crippen LogP contribution in [0.3, 0.4) is 0 Å². The van der Waals surface area contributed by atoms with Gasteiger partial charge in [-0.3, -0.25) is 0 Å². The lowest BCUT2D eigenvalue weighted by Gasteiger charge is -2.14. The molecule has 0 unspecified atom stereocenters. The molecule has 22 heavy (non-hydrogen) atoms. The van der Waals surface area contributed by atoms with Crippen LogP contribution in [0.5, 0.6) is 28.7 Å². The first-order valence-corrected chi connectivity index (χ1v) is 7.37. The van der Waals surface area contributed by atoms with Crippen LogP contribution in [0.25, 0.3) is 21.9 Å².